The highest BCUT2D eigenvalue weighted by Crippen LogP contribution is 2.42. The zero-order valence-electron chi connectivity index (χ0n) is 17.9. The predicted octanol–water partition coefficient (Wildman–Crippen LogP) is 4.19. The Bertz CT molecular complexity index is 1020. The Hall–Kier alpha value is -2.25. The lowest BCUT2D eigenvalue weighted by atomic mass is 10.0. The van der Waals surface area contributed by atoms with Crippen LogP contribution in [0.2, 0.25) is 5.02 Å². The van der Waals surface area contributed by atoms with Crippen molar-refractivity contribution >= 4 is 17.6 Å². The Morgan fingerprint density at radius 2 is 2.16 bits per heavy atom. The van der Waals surface area contributed by atoms with E-state index in [0.717, 1.165) is 67.6 Å². The van der Waals surface area contributed by atoms with Crippen LogP contribution in [0, 0.1) is 17.7 Å². The fourth-order valence-electron chi connectivity index (χ4n) is 4.94. The number of aliphatic hydroxyl groups is 1. The number of benzene rings is 1. The summed E-state index contributed by atoms with van der Waals surface area (Å²) in [6, 6.07) is 4.38. The minimum absolute atomic E-state index is 0.0771. The van der Waals surface area contributed by atoms with Crippen molar-refractivity contribution in [2.75, 3.05) is 6.54 Å². The lowest BCUT2D eigenvalue weighted by molar-refractivity contribution is 0.177. The van der Waals surface area contributed by atoms with Gasteiger partial charge in [-0.25, -0.2) is 19.2 Å². The molecule has 6 nitrogen and oxygen atoms in total. The highest BCUT2D eigenvalue weighted by atomic mass is 35.5. The molecule has 8 heteroatoms. The van der Waals surface area contributed by atoms with Gasteiger partial charge in [0.2, 0.25) is 0 Å². The van der Waals surface area contributed by atoms with Crippen molar-refractivity contribution < 1.29 is 14.3 Å². The zero-order chi connectivity index (χ0) is 22.2. The van der Waals surface area contributed by atoms with Crippen LogP contribution >= 0.6 is 11.6 Å². The Kier molecular flexibility index (Phi) is 6.03. The molecule has 1 aromatic carbocycles. The summed E-state index contributed by atoms with van der Waals surface area (Å²) in [7, 11) is 0. The molecule has 170 valence electrons. The topological polar surface area (TPSA) is 78.4 Å². The second-order valence-corrected chi connectivity index (χ2v) is 9.81. The number of nitrogens with zero attached hydrogens (tertiary/aromatic N) is 3. The summed E-state index contributed by atoms with van der Waals surface area (Å²) in [5, 5.41) is 13.0. The van der Waals surface area contributed by atoms with Gasteiger partial charge in [-0.15, -0.1) is 0 Å². The predicted molar refractivity (Wildman–Crippen MR) is 119 cm³/mol. The fraction of sp³-hybridized carbons (Fsp3) is 0.542. The van der Waals surface area contributed by atoms with Crippen molar-refractivity contribution in [1.82, 2.24) is 20.2 Å². The van der Waals surface area contributed by atoms with E-state index in [-0.39, 0.29) is 23.2 Å². The van der Waals surface area contributed by atoms with Crippen molar-refractivity contribution in [3.8, 4) is 0 Å². The molecule has 0 unspecified atom stereocenters. The molecule has 0 radical (unpaired) electrons. The van der Waals surface area contributed by atoms with Gasteiger partial charge in [-0.05, 0) is 73.6 Å². The molecular formula is C24H28ClFN4O2. The van der Waals surface area contributed by atoms with Crippen LogP contribution in [0.1, 0.15) is 60.8 Å². The third kappa shape index (κ3) is 4.74. The second-order valence-electron chi connectivity index (χ2n) is 9.40. The van der Waals surface area contributed by atoms with E-state index in [1.54, 1.807) is 17.0 Å². The fourth-order valence-corrected chi connectivity index (χ4v) is 5.13. The molecule has 0 spiro atoms. The Morgan fingerprint density at radius 1 is 1.31 bits per heavy atom. The normalized spacial score (nSPS) is 23.7. The molecule has 2 N–H and O–H groups in total. The number of fused-ring (bicyclic) bond motifs is 1. The van der Waals surface area contributed by atoms with Crippen molar-refractivity contribution in [3.63, 3.8) is 0 Å². The summed E-state index contributed by atoms with van der Waals surface area (Å²) >= 11 is 5.98. The van der Waals surface area contributed by atoms with Crippen LogP contribution in [-0.2, 0) is 19.4 Å². The van der Waals surface area contributed by atoms with Crippen LogP contribution in [0.3, 0.4) is 0 Å². The molecule has 0 bridgehead atoms. The maximum Gasteiger partial charge on any atom is 0.318 e. The summed E-state index contributed by atoms with van der Waals surface area (Å²) in [4.78, 5) is 24.2. The molecule has 2 saturated carbocycles. The molecule has 3 atom stereocenters. The van der Waals surface area contributed by atoms with Crippen molar-refractivity contribution in [3.05, 3.63) is 57.9 Å². The number of aliphatic hydroxyl groups excluding tert-OH is 1. The number of nitrogens with one attached hydrogen (secondary N) is 1. The third-order valence-corrected chi connectivity index (χ3v) is 7.23. The number of aromatic nitrogens is 2. The van der Waals surface area contributed by atoms with Crippen LogP contribution in [0.25, 0.3) is 0 Å². The highest BCUT2D eigenvalue weighted by Gasteiger charge is 2.35. The first-order valence-electron chi connectivity index (χ1n) is 11.5. The smallest absolute Gasteiger partial charge is 0.318 e. The van der Waals surface area contributed by atoms with Crippen molar-refractivity contribution in [1.29, 1.82) is 0 Å². The van der Waals surface area contributed by atoms with Gasteiger partial charge in [0.05, 0.1) is 29.4 Å². The quantitative estimate of drug-likeness (QED) is 0.704. The maximum atomic E-state index is 13.6. The standard InChI is InChI=1S/C24H28ClFN4O2/c25-19-11-16(4-6-20(19)26)23(15-2-3-15)29-24(32)30-8-7-17-12-27-22(28-21(17)13-30)10-14-1-5-18(31)9-14/h4,6,11-12,14-15,18,23,31H,1-3,5,7-10,13H2,(H,29,32)/t14-,18-,23+/m0/s1. The Labute approximate surface area is 192 Å². The van der Waals surface area contributed by atoms with Gasteiger partial charge >= 0.3 is 6.03 Å². The summed E-state index contributed by atoms with van der Waals surface area (Å²) in [6.45, 7) is 1.06. The van der Waals surface area contributed by atoms with Gasteiger partial charge in [-0.2, -0.15) is 0 Å². The van der Waals surface area contributed by atoms with E-state index in [1.807, 2.05) is 6.20 Å². The van der Waals surface area contributed by atoms with E-state index in [2.05, 4.69) is 10.3 Å². The summed E-state index contributed by atoms with van der Waals surface area (Å²) in [5.41, 5.74) is 2.84. The number of amides is 2. The summed E-state index contributed by atoms with van der Waals surface area (Å²) < 4.78 is 13.6. The number of rotatable bonds is 5. The van der Waals surface area contributed by atoms with Crippen molar-refractivity contribution in [2.24, 2.45) is 11.8 Å². The van der Waals surface area contributed by atoms with Crippen LogP contribution in [0.15, 0.2) is 24.4 Å². The molecule has 32 heavy (non-hydrogen) atoms. The average Bonchev–Trinajstić information content (AvgIpc) is 3.55. The first-order chi connectivity index (χ1) is 15.5. The molecule has 1 aromatic heterocycles. The minimum Gasteiger partial charge on any atom is -0.393 e. The van der Waals surface area contributed by atoms with Gasteiger partial charge in [0.15, 0.2) is 0 Å². The molecule has 2 heterocycles. The number of hydrogen-bond acceptors (Lipinski definition) is 4. The SMILES string of the molecule is O=C(N[C@@H](c1ccc(F)c(Cl)c1)C1CC1)N1CCc2cnc(C[C@H]3CC[C@H](O)C3)nc2C1. The third-order valence-electron chi connectivity index (χ3n) is 6.94. The van der Waals surface area contributed by atoms with Gasteiger partial charge in [0.1, 0.15) is 11.6 Å². The first-order valence-corrected chi connectivity index (χ1v) is 11.9. The Balaban J connectivity index is 1.26. The van der Waals surface area contributed by atoms with E-state index in [9.17, 15) is 14.3 Å². The summed E-state index contributed by atoms with van der Waals surface area (Å²) in [5.74, 6) is 1.12. The lowest BCUT2D eigenvalue weighted by Crippen LogP contribution is -2.44. The molecule has 1 aliphatic heterocycles. The van der Waals surface area contributed by atoms with Crippen LogP contribution in [0.5, 0.6) is 0 Å². The molecule has 2 fully saturated rings. The van der Waals surface area contributed by atoms with Gasteiger partial charge in [-0.1, -0.05) is 17.7 Å². The van der Waals surface area contributed by atoms with E-state index in [1.165, 1.54) is 6.07 Å². The summed E-state index contributed by atoms with van der Waals surface area (Å²) in [6.07, 6.45) is 7.93. The van der Waals surface area contributed by atoms with Crippen LogP contribution in [-0.4, -0.2) is 38.7 Å². The van der Waals surface area contributed by atoms with Gasteiger partial charge in [0, 0.05) is 19.2 Å². The first kappa shape index (κ1) is 21.6. The maximum absolute atomic E-state index is 13.6. The number of halogens is 2. The Morgan fingerprint density at radius 3 is 2.88 bits per heavy atom. The van der Waals surface area contributed by atoms with Crippen LogP contribution in [0.4, 0.5) is 9.18 Å². The molecule has 2 aromatic rings. The molecule has 2 aliphatic carbocycles. The van der Waals surface area contributed by atoms with E-state index < -0.39 is 5.82 Å². The average molecular weight is 459 g/mol. The molecule has 3 aliphatic rings. The van der Waals surface area contributed by atoms with Crippen LogP contribution < -0.4 is 5.32 Å². The molecule has 2 amide bonds. The number of carbonyl (C=O) groups excluding carboxylic acids is 1. The molecular weight excluding hydrogens is 431 g/mol. The lowest BCUT2D eigenvalue weighted by Gasteiger charge is -2.30. The zero-order valence-corrected chi connectivity index (χ0v) is 18.7. The highest BCUT2D eigenvalue weighted by molar-refractivity contribution is 6.30. The number of urea groups is 1. The second kappa shape index (κ2) is 8.94. The van der Waals surface area contributed by atoms with E-state index >= 15 is 0 Å². The van der Waals surface area contributed by atoms with Gasteiger partial charge < -0.3 is 15.3 Å². The van der Waals surface area contributed by atoms with E-state index in [4.69, 9.17) is 16.6 Å². The molecule has 0 saturated heterocycles. The molecule has 5 rings (SSSR count). The van der Waals surface area contributed by atoms with Crippen molar-refractivity contribution in [2.45, 2.75) is 63.6 Å². The van der Waals surface area contributed by atoms with E-state index in [0.29, 0.717) is 24.9 Å². The number of hydrogen-bond donors (Lipinski definition) is 2. The number of carbonyl (C=O) groups is 1. The monoisotopic (exact) mass is 458 g/mol. The van der Waals surface area contributed by atoms with Gasteiger partial charge in [0.25, 0.3) is 0 Å². The minimum atomic E-state index is -0.452. The van der Waals surface area contributed by atoms with Gasteiger partial charge in [-0.3, -0.25) is 0 Å². The largest absolute Gasteiger partial charge is 0.393 e.